The van der Waals surface area contributed by atoms with Crippen LogP contribution >= 0.6 is 11.3 Å². The summed E-state index contributed by atoms with van der Waals surface area (Å²) in [4.78, 5) is 16.3. The molecule has 0 fully saturated rings. The highest BCUT2D eigenvalue weighted by atomic mass is 32.2. The number of para-hydroxylation sites is 1. The van der Waals surface area contributed by atoms with Gasteiger partial charge < -0.3 is 5.32 Å². The third kappa shape index (κ3) is 4.60. The molecule has 0 bridgehead atoms. The molecule has 8 heteroatoms. The van der Waals surface area contributed by atoms with Gasteiger partial charge in [0.2, 0.25) is 10.0 Å². The Labute approximate surface area is 140 Å². The fourth-order valence-corrected chi connectivity index (χ4v) is 4.09. The first-order valence-corrected chi connectivity index (χ1v) is 9.31. The quantitative estimate of drug-likeness (QED) is 0.885. The van der Waals surface area contributed by atoms with Crippen molar-refractivity contribution in [3.05, 3.63) is 40.3 Å². The van der Waals surface area contributed by atoms with E-state index in [9.17, 15) is 13.2 Å². The molecule has 2 rings (SSSR count). The summed E-state index contributed by atoms with van der Waals surface area (Å²) in [5, 5.41) is 5.02. The number of thiazole rings is 1. The molecule has 0 saturated carbocycles. The summed E-state index contributed by atoms with van der Waals surface area (Å²) in [5.41, 5.74) is -0.134. The zero-order valence-electron chi connectivity index (χ0n) is 13.4. The molecule has 0 aliphatic heterocycles. The number of benzene rings is 1. The molecule has 1 aromatic carbocycles. The maximum atomic E-state index is 12.5. The maximum Gasteiger partial charge on any atom is 0.275 e. The number of aryl methyl sites for hydroxylation is 1. The molecular weight excluding hydrogens is 334 g/mol. The van der Waals surface area contributed by atoms with Gasteiger partial charge in [-0.2, -0.15) is 0 Å². The minimum Gasteiger partial charge on any atom is -0.319 e. The zero-order chi connectivity index (χ0) is 17.3. The number of carbonyl (C=O) groups is 1. The Morgan fingerprint density at radius 2 is 1.87 bits per heavy atom. The van der Waals surface area contributed by atoms with E-state index in [0.29, 0.717) is 0 Å². The first-order chi connectivity index (χ1) is 10.6. The third-order valence-corrected chi connectivity index (χ3v) is 5.31. The van der Waals surface area contributed by atoms with Crippen LogP contribution in [0.3, 0.4) is 0 Å². The lowest BCUT2D eigenvalue weighted by Crippen LogP contribution is -2.40. The van der Waals surface area contributed by atoms with Crippen LogP contribution in [-0.2, 0) is 10.0 Å². The number of nitrogens with one attached hydrogen (secondary N) is 2. The minimum absolute atomic E-state index is 0.0234. The smallest absolute Gasteiger partial charge is 0.275 e. The van der Waals surface area contributed by atoms with Gasteiger partial charge in [0, 0.05) is 10.9 Å². The lowest BCUT2D eigenvalue weighted by atomic mass is 10.1. The average molecular weight is 353 g/mol. The third-order valence-electron chi connectivity index (χ3n) is 2.72. The number of rotatable bonds is 4. The Balaban J connectivity index is 2.33. The molecule has 1 amide bonds. The van der Waals surface area contributed by atoms with Crippen molar-refractivity contribution in [1.82, 2.24) is 9.71 Å². The van der Waals surface area contributed by atoms with E-state index < -0.39 is 21.5 Å². The zero-order valence-corrected chi connectivity index (χ0v) is 15.0. The van der Waals surface area contributed by atoms with Crippen LogP contribution in [0.1, 0.15) is 36.3 Å². The second-order valence-corrected chi connectivity index (χ2v) is 8.77. The molecular formula is C15H19N3O3S2. The lowest BCUT2D eigenvalue weighted by molar-refractivity contribution is 0.102. The molecule has 2 aromatic rings. The van der Waals surface area contributed by atoms with Crippen molar-refractivity contribution in [2.24, 2.45) is 0 Å². The maximum absolute atomic E-state index is 12.5. The van der Waals surface area contributed by atoms with E-state index in [4.69, 9.17) is 0 Å². The van der Waals surface area contributed by atoms with Gasteiger partial charge in [-0.1, -0.05) is 12.1 Å². The van der Waals surface area contributed by atoms with Gasteiger partial charge >= 0.3 is 0 Å². The topological polar surface area (TPSA) is 88.2 Å². The molecule has 23 heavy (non-hydrogen) atoms. The Morgan fingerprint density at radius 3 is 2.43 bits per heavy atom. The predicted octanol–water partition coefficient (Wildman–Crippen LogP) is 2.78. The van der Waals surface area contributed by atoms with Crippen LogP contribution in [0.15, 0.2) is 34.5 Å². The predicted molar refractivity (Wildman–Crippen MR) is 91.3 cm³/mol. The van der Waals surface area contributed by atoms with Crippen molar-refractivity contribution in [2.75, 3.05) is 5.32 Å². The van der Waals surface area contributed by atoms with Gasteiger partial charge in [0.1, 0.15) is 10.6 Å². The van der Waals surface area contributed by atoms with Crippen LogP contribution in [0.2, 0.25) is 0 Å². The highest BCUT2D eigenvalue weighted by molar-refractivity contribution is 7.89. The molecule has 0 spiro atoms. The molecule has 0 aliphatic carbocycles. The summed E-state index contributed by atoms with van der Waals surface area (Å²) in [7, 11) is -3.75. The van der Waals surface area contributed by atoms with Gasteiger partial charge in [0.25, 0.3) is 5.91 Å². The number of hydrogen-bond donors (Lipinski definition) is 2. The summed E-state index contributed by atoms with van der Waals surface area (Å²) in [6.45, 7) is 7.06. The Hall–Kier alpha value is -1.77. The Kier molecular flexibility index (Phi) is 4.88. The number of nitrogens with zero attached hydrogens (tertiary/aromatic N) is 1. The lowest BCUT2D eigenvalue weighted by Gasteiger charge is -2.21. The summed E-state index contributed by atoms with van der Waals surface area (Å²) in [6, 6.07) is 6.28. The van der Waals surface area contributed by atoms with E-state index in [-0.39, 0.29) is 16.3 Å². The number of amides is 1. The van der Waals surface area contributed by atoms with Crippen molar-refractivity contribution >= 4 is 33.0 Å². The number of hydrogen-bond acceptors (Lipinski definition) is 5. The molecule has 0 aliphatic rings. The van der Waals surface area contributed by atoms with Gasteiger partial charge in [-0.3, -0.25) is 4.79 Å². The van der Waals surface area contributed by atoms with Gasteiger partial charge in [0.05, 0.1) is 10.7 Å². The van der Waals surface area contributed by atoms with Gasteiger partial charge in [0.15, 0.2) is 0 Å². The van der Waals surface area contributed by atoms with Crippen molar-refractivity contribution in [3.63, 3.8) is 0 Å². The van der Waals surface area contributed by atoms with E-state index in [2.05, 4.69) is 15.0 Å². The van der Waals surface area contributed by atoms with E-state index in [1.165, 1.54) is 17.4 Å². The summed E-state index contributed by atoms with van der Waals surface area (Å²) in [6.07, 6.45) is 0. The molecule has 0 atom stereocenters. The van der Waals surface area contributed by atoms with E-state index in [1.54, 1.807) is 51.3 Å². The largest absolute Gasteiger partial charge is 0.319 e. The number of aromatic nitrogens is 1. The first kappa shape index (κ1) is 17.6. The number of anilines is 1. The monoisotopic (exact) mass is 353 g/mol. The van der Waals surface area contributed by atoms with Crippen molar-refractivity contribution in [3.8, 4) is 0 Å². The number of carbonyl (C=O) groups excluding carboxylic acids is 1. The minimum atomic E-state index is -3.75. The first-order valence-electron chi connectivity index (χ1n) is 6.95. The van der Waals surface area contributed by atoms with Crippen molar-refractivity contribution < 1.29 is 13.2 Å². The van der Waals surface area contributed by atoms with E-state index in [1.807, 2.05) is 0 Å². The number of sulfonamides is 1. The van der Waals surface area contributed by atoms with Gasteiger partial charge in [-0.25, -0.2) is 18.1 Å². The normalized spacial score (nSPS) is 12.2. The Morgan fingerprint density at radius 1 is 1.22 bits per heavy atom. The second kappa shape index (κ2) is 6.38. The van der Waals surface area contributed by atoms with Crippen LogP contribution in [0, 0.1) is 6.92 Å². The highest BCUT2D eigenvalue weighted by Crippen LogP contribution is 2.23. The molecule has 1 heterocycles. The second-order valence-electron chi connectivity index (χ2n) is 6.06. The summed E-state index contributed by atoms with van der Waals surface area (Å²) in [5.74, 6) is -0.437. The molecule has 0 unspecified atom stereocenters. The van der Waals surface area contributed by atoms with Crippen LogP contribution in [0.5, 0.6) is 0 Å². The van der Waals surface area contributed by atoms with E-state index >= 15 is 0 Å². The molecule has 0 radical (unpaired) electrons. The summed E-state index contributed by atoms with van der Waals surface area (Å²) < 4.78 is 27.6. The molecule has 2 N–H and O–H groups in total. The van der Waals surface area contributed by atoms with Crippen molar-refractivity contribution in [2.45, 2.75) is 38.1 Å². The average Bonchev–Trinajstić information content (AvgIpc) is 2.83. The molecule has 6 nitrogen and oxygen atoms in total. The van der Waals surface area contributed by atoms with Crippen molar-refractivity contribution in [1.29, 1.82) is 0 Å². The standard InChI is InChI=1S/C15H19N3O3S2/c1-10-16-12(9-22-10)14(19)17-11-7-5-6-8-13(11)23(20,21)18-15(2,3)4/h5-9,18H,1-4H3,(H,17,19). The Bertz CT molecular complexity index is 820. The SMILES string of the molecule is Cc1nc(C(=O)Nc2ccccc2S(=O)(=O)NC(C)(C)C)cs1. The molecule has 0 saturated heterocycles. The van der Waals surface area contributed by atoms with E-state index in [0.717, 1.165) is 5.01 Å². The van der Waals surface area contributed by atoms with Crippen LogP contribution in [0.25, 0.3) is 0 Å². The highest BCUT2D eigenvalue weighted by Gasteiger charge is 2.25. The molecule has 124 valence electrons. The van der Waals surface area contributed by atoms with Crippen LogP contribution in [0.4, 0.5) is 5.69 Å². The van der Waals surface area contributed by atoms with Crippen LogP contribution < -0.4 is 10.0 Å². The fraction of sp³-hybridized carbons (Fsp3) is 0.333. The molecule has 1 aromatic heterocycles. The summed E-state index contributed by atoms with van der Waals surface area (Å²) >= 11 is 1.36. The fourth-order valence-electron chi connectivity index (χ4n) is 1.92. The van der Waals surface area contributed by atoms with Gasteiger partial charge in [-0.15, -0.1) is 11.3 Å². The van der Waals surface area contributed by atoms with Gasteiger partial charge in [-0.05, 0) is 39.8 Å². The van der Waals surface area contributed by atoms with Crippen LogP contribution in [-0.4, -0.2) is 24.8 Å².